The van der Waals surface area contributed by atoms with Crippen molar-refractivity contribution in [2.75, 3.05) is 17.7 Å². The van der Waals surface area contributed by atoms with Crippen molar-refractivity contribution < 1.29 is 0 Å². The highest BCUT2D eigenvalue weighted by Gasteiger charge is 2.30. The molecule has 1 aromatic rings. The van der Waals surface area contributed by atoms with Crippen LogP contribution in [0.1, 0.15) is 19.8 Å². The number of pyridine rings is 1. The van der Waals surface area contributed by atoms with E-state index in [1.807, 2.05) is 12.1 Å². The van der Waals surface area contributed by atoms with Gasteiger partial charge in [0.05, 0.1) is 0 Å². The van der Waals surface area contributed by atoms with Gasteiger partial charge in [0.15, 0.2) is 0 Å². The first-order chi connectivity index (χ1) is 6.68. The van der Waals surface area contributed by atoms with E-state index >= 15 is 0 Å². The van der Waals surface area contributed by atoms with Crippen molar-refractivity contribution in [3.05, 3.63) is 18.3 Å². The van der Waals surface area contributed by atoms with E-state index in [4.69, 9.17) is 5.73 Å². The van der Waals surface area contributed by atoms with Crippen LogP contribution in [0.3, 0.4) is 0 Å². The monoisotopic (exact) mass is 191 g/mol. The molecule has 0 aromatic carbocycles. The Hall–Kier alpha value is -1.25. The molecule has 14 heavy (non-hydrogen) atoms. The van der Waals surface area contributed by atoms with Crippen LogP contribution in [0.25, 0.3) is 0 Å². The number of nitrogens with two attached hydrogens (primary N) is 1. The lowest BCUT2D eigenvalue weighted by molar-refractivity contribution is 0.609. The maximum absolute atomic E-state index is 5.65. The fraction of sp³-hybridized carbons (Fsp3) is 0.545. The van der Waals surface area contributed by atoms with E-state index in [2.05, 4.69) is 23.9 Å². The number of nitrogen functional groups attached to an aromatic ring is 1. The predicted molar refractivity (Wildman–Crippen MR) is 59.2 cm³/mol. The minimum Gasteiger partial charge on any atom is -0.384 e. The lowest BCUT2D eigenvalue weighted by Crippen LogP contribution is -2.30. The standard InChI is InChI=1S/C11H17N3/c1-8(9-3-4-9)14(2)10-5-6-13-11(12)7-10/h5-9H,3-4H2,1-2H3,(H2,12,13). The summed E-state index contributed by atoms with van der Waals surface area (Å²) in [7, 11) is 2.12. The number of anilines is 2. The van der Waals surface area contributed by atoms with Crippen LogP contribution in [0, 0.1) is 5.92 Å². The van der Waals surface area contributed by atoms with E-state index in [0.717, 1.165) is 11.6 Å². The predicted octanol–water partition coefficient (Wildman–Crippen LogP) is 1.90. The molecule has 0 saturated heterocycles. The van der Waals surface area contributed by atoms with E-state index in [9.17, 15) is 0 Å². The Bertz CT molecular complexity index is 320. The molecule has 2 rings (SSSR count). The Morgan fingerprint density at radius 3 is 2.86 bits per heavy atom. The van der Waals surface area contributed by atoms with Crippen LogP contribution >= 0.6 is 0 Å². The molecule has 1 heterocycles. The van der Waals surface area contributed by atoms with Gasteiger partial charge in [-0.3, -0.25) is 0 Å². The molecule has 1 aliphatic carbocycles. The van der Waals surface area contributed by atoms with Gasteiger partial charge in [-0.2, -0.15) is 0 Å². The molecule has 76 valence electrons. The summed E-state index contributed by atoms with van der Waals surface area (Å²) >= 11 is 0. The number of hydrogen-bond donors (Lipinski definition) is 1. The first-order valence-electron chi connectivity index (χ1n) is 5.13. The van der Waals surface area contributed by atoms with Gasteiger partial charge in [-0.25, -0.2) is 4.98 Å². The highest BCUT2D eigenvalue weighted by Crippen LogP contribution is 2.36. The second-order valence-electron chi connectivity index (χ2n) is 4.13. The zero-order chi connectivity index (χ0) is 10.1. The topological polar surface area (TPSA) is 42.2 Å². The fourth-order valence-corrected chi connectivity index (χ4v) is 1.79. The van der Waals surface area contributed by atoms with Crippen molar-refractivity contribution in [2.24, 2.45) is 5.92 Å². The van der Waals surface area contributed by atoms with Crippen molar-refractivity contribution >= 4 is 11.5 Å². The largest absolute Gasteiger partial charge is 0.384 e. The highest BCUT2D eigenvalue weighted by atomic mass is 15.1. The molecule has 0 radical (unpaired) electrons. The molecular formula is C11H17N3. The number of rotatable bonds is 3. The number of nitrogens with zero attached hydrogens (tertiary/aromatic N) is 2. The Morgan fingerprint density at radius 1 is 1.57 bits per heavy atom. The summed E-state index contributed by atoms with van der Waals surface area (Å²) in [6.45, 7) is 2.27. The van der Waals surface area contributed by atoms with Crippen molar-refractivity contribution in [2.45, 2.75) is 25.8 Å². The lowest BCUT2D eigenvalue weighted by Gasteiger charge is -2.27. The Balaban J connectivity index is 2.13. The molecule has 3 heteroatoms. The van der Waals surface area contributed by atoms with Gasteiger partial charge in [0.1, 0.15) is 5.82 Å². The third kappa shape index (κ3) is 1.81. The van der Waals surface area contributed by atoms with E-state index in [-0.39, 0.29) is 0 Å². The third-order valence-electron chi connectivity index (χ3n) is 3.09. The van der Waals surface area contributed by atoms with Crippen LogP contribution < -0.4 is 10.6 Å². The highest BCUT2D eigenvalue weighted by molar-refractivity contribution is 5.52. The quantitative estimate of drug-likeness (QED) is 0.793. The zero-order valence-electron chi connectivity index (χ0n) is 8.77. The summed E-state index contributed by atoms with van der Waals surface area (Å²) in [6, 6.07) is 4.55. The normalized spacial score (nSPS) is 17.9. The smallest absolute Gasteiger partial charge is 0.125 e. The summed E-state index contributed by atoms with van der Waals surface area (Å²) in [6.07, 6.45) is 4.50. The maximum Gasteiger partial charge on any atom is 0.125 e. The van der Waals surface area contributed by atoms with Crippen LogP contribution in [0.15, 0.2) is 18.3 Å². The van der Waals surface area contributed by atoms with Gasteiger partial charge in [-0.05, 0) is 31.7 Å². The molecule has 0 amide bonds. The molecule has 1 aliphatic rings. The number of hydrogen-bond acceptors (Lipinski definition) is 3. The average Bonchev–Trinajstić information content (AvgIpc) is 2.99. The summed E-state index contributed by atoms with van der Waals surface area (Å²) in [4.78, 5) is 6.28. The van der Waals surface area contributed by atoms with Gasteiger partial charge in [0.2, 0.25) is 0 Å². The number of aromatic nitrogens is 1. The van der Waals surface area contributed by atoms with Gasteiger partial charge in [-0.1, -0.05) is 0 Å². The minimum absolute atomic E-state index is 0.595. The second-order valence-corrected chi connectivity index (χ2v) is 4.13. The molecule has 0 spiro atoms. The summed E-state index contributed by atoms with van der Waals surface area (Å²) in [5.41, 5.74) is 6.81. The fourth-order valence-electron chi connectivity index (χ4n) is 1.79. The molecular weight excluding hydrogens is 174 g/mol. The van der Waals surface area contributed by atoms with Crippen LogP contribution in [-0.4, -0.2) is 18.1 Å². The van der Waals surface area contributed by atoms with Crippen molar-refractivity contribution in [3.63, 3.8) is 0 Å². The summed E-state index contributed by atoms with van der Waals surface area (Å²) < 4.78 is 0. The van der Waals surface area contributed by atoms with E-state index < -0.39 is 0 Å². The van der Waals surface area contributed by atoms with Gasteiger partial charge < -0.3 is 10.6 Å². The minimum atomic E-state index is 0.595. The Labute approximate surface area is 84.9 Å². The molecule has 1 fully saturated rings. The van der Waals surface area contributed by atoms with E-state index in [1.165, 1.54) is 12.8 Å². The van der Waals surface area contributed by atoms with Gasteiger partial charge in [0, 0.05) is 31.0 Å². The first kappa shape index (κ1) is 9.31. The first-order valence-corrected chi connectivity index (χ1v) is 5.13. The van der Waals surface area contributed by atoms with Crippen LogP contribution in [0.5, 0.6) is 0 Å². The molecule has 1 unspecified atom stereocenters. The Morgan fingerprint density at radius 2 is 2.29 bits per heavy atom. The molecule has 3 nitrogen and oxygen atoms in total. The molecule has 0 aliphatic heterocycles. The van der Waals surface area contributed by atoms with E-state index in [1.54, 1.807) is 6.20 Å². The summed E-state index contributed by atoms with van der Waals surface area (Å²) in [5, 5.41) is 0. The van der Waals surface area contributed by atoms with Crippen molar-refractivity contribution in [1.82, 2.24) is 4.98 Å². The second kappa shape index (κ2) is 3.48. The molecule has 2 N–H and O–H groups in total. The SMILES string of the molecule is CC(C1CC1)N(C)c1ccnc(N)c1. The van der Waals surface area contributed by atoms with Gasteiger partial charge in [0.25, 0.3) is 0 Å². The third-order valence-corrected chi connectivity index (χ3v) is 3.09. The van der Waals surface area contributed by atoms with Crippen LogP contribution in [-0.2, 0) is 0 Å². The zero-order valence-corrected chi connectivity index (χ0v) is 8.77. The molecule has 0 bridgehead atoms. The molecule has 1 aromatic heterocycles. The molecule has 1 saturated carbocycles. The Kier molecular flexibility index (Phi) is 2.32. The average molecular weight is 191 g/mol. The van der Waals surface area contributed by atoms with Gasteiger partial charge in [-0.15, -0.1) is 0 Å². The van der Waals surface area contributed by atoms with Crippen LogP contribution in [0.2, 0.25) is 0 Å². The summed E-state index contributed by atoms with van der Waals surface area (Å²) in [5.74, 6) is 1.46. The van der Waals surface area contributed by atoms with E-state index in [0.29, 0.717) is 11.9 Å². The van der Waals surface area contributed by atoms with Crippen molar-refractivity contribution in [1.29, 1.82) is 0 Å². The maximum atomic E-state index is 5.65. The van der Waals surface area contributed by atoms with Crippen LogP contribution in [0.4, 0.5) is 11.5 Å². The van der Waals surface area contributed by atoms with Crippen molar-refractivity contribution in [3.8, 4) is 0 Å². The van der Waals surface area contributed by atoms with Gasteiger partial charge >= 0.3 is 0 Å². The molecule has 1 atom stereocenters. The lowest BCUT2D eigenvalue weighted by atomic mass is 10.2.